The van der Waals surface area contributed by atoms with E-state index in [1.54, 1.807) is 12.1 Å². The highest BCUT2D eigenvalue weighted by Crippen LogP contribution is 2.13. The number of halogens is 1. The molecule has 0 aliphatic heterocycles. The number of guanidine groups is 1. The molecule has 0 radical (unpaired) electrons. The van der Waals surface area contributed by atoms with E-state index in [0.717, 1.165) is 38.4 Å². The van der Waals surface area contributed by atoms with E-state index in [4.69, 9.17) is 4.74 Å². The highest BCUT2D eigenvalue weighted by molar-refractivity contribution is 5.79. The van der Waals surface area contributed by atoms with Crippen LogP contribution in [0.15, 0.2) is 29.3 Å². The Hall–Kier alpha value is -1.82. The zero-order valence-corrected chi connectivity index (χ0v) is 16.9. The first-order chi connectivity index (χ1) is 12.4. The molecule has 0 aromatic heterocycles. The molecule has 2 N–H and O–H groups in total. The van der Waals surface area contributed by atoms with Crippen LogP contribution in [0, 0.1) is 5.82 Å². The van der Waals surface area contributed by atoms with Gasteiger partial charge in [0.2, 0.25) is 0 Å². The van der Waals surface area contributed by atoms with Gasteiger partial charge in [-0.3, -0.25) is 0 Å². The zero-order valence-electron chi connectivity index (χ0n) is 16.9. The first-order valence-corrected chi connectivity index (χ1v) is 9.57. The Kier molecular flexibility index (Phi) is 10.7. The fourth-order valence-electron chi connectivity index (χ4n) is 2.30. The molecule has 26 heavy (non-hydrogen) atoms. The summed E-state index contributed by atoms with van der Waals surface area (Å²) >= 11 is 0. The quantitative estimate of drug-likeness (QED) is 0.358. The molecule has 5 nitrogen and oxygen atoms in total. The number of benzene rings is 1. The van der Waals surface area contributed by atoms with Gasteiger partial charge in [-0.2, -0.15) is 0 Å². The Labute approximate surface area is 158 Å². The highest BCUT2D eigenvalue weighted by atomic mass is 19.1. The minimum Gasteiger partial charge on any atom is -0.489 e. The lowest BCUT2D eigenvalue weighted by Crippen LogP contribution is -2.38. The van der Waals surface area contributed by atoms with Crippen molar-refractivity contribution < 1.29 is 9.13 Å². The Morgan fingerprint density at radius 1 is 1.15 bits per heavy atom. The van der Waals surface area contributed by atoms with E-state index in [9.17, 15) is 4.39 Å². The number of hydrogen-bond donors (Lipinski definition) is 2. The second kappa shape index (κ2) is 12.5. The standard InChI is InChI=1S/C20H35FN4O/c1-6-22-20(23-13-7-8-14-25(5)16(2)3)24-15-17(4)26-19-11-9-18(21)10-12-19/h9-12,16-17H,6-8,13-15H2,1-5H3,(H2,22,23,24). The van der Waals surface area contributed by atoms with E-state index >= 15 is 0 Å². The fraction of sp³-hybridized carbons (Fsp3) is 0.650. The maximum atomic E-state index is 12.9. The fourth-order valence-corrected chi connectivity index (χ4v) is 2.30. The molecule has 148 valence electrons. The largest absolute Gasteiger partial charge is 0.489 e. The molecule has 0 aliphatic rings. The Bertz CT molecular complexity index is 519. The van der Waals surface area contributed by atoms with Gasteiger partial charge < -0.3 is 20.3 Å². The van der Waals surface area contributed by atoms with Crippen LogP contribution in [0.25, 0.3) is 0 Å². The lowest BCUT2D eigenvalue weighted by molar-refractivity contribution is 0.230. The number of aliphatic imine (C=N–C) groups is 1. The summed E-state index contributed by atoms with van der Waals surface area (Å²) in [5.41, 5.74) is 0. The average Bonchev–Trinajstić information content (AvgIpc) is 2.61. The van der Waals surface area contributed by atoms with Crippen molar-refractivity contribution in [2.24, 2.45) is 4.99 Å². The maximum absolute atomic E-state index is 12.9. The molecule has 0 bridgehead atoms. The monoisotopic (exact) mass is 366 g/mol. The van der Waals surface area contributed by atoms with Crippen molar-refractivity contribution in [1.82, 2.24) is 15.5 Å². The molecule has 0 aliphatic carbocycles. The predicted molar refractivity (Wildman–Crippen MR) is 107 cm³/mol. The maximum Gasteiger partial charge on any atom is 0.191 e. The third kappa shape index (κ3) is 9.61. The summed E-state index contributed by atoms with van der Waals surface area (Å²) in [7, 11) is 2.16. The van der Waals surface area contributed by atoms with Crippen molar-refractivity contribution in [3.05, 3.63) is 30.1 Å². The van der Waals surface area contributed by atoms with E-state index in [0.29, 0.717) is 18.3 Å². The number of ether oxygens (including phenoxy) is 1. The molecule has 1 rings (SSSR count). The molecule has 0 saturated carbocycles. The third-order valence-corrected chi connectivity index (χ3v) is 4.11. The van der Waals surface area contributed by atoms with Gasteiger partial charge in [0.15, 0.2) is 5.96 Å². The summed E-state index contributed by atoms with van der Waals surface area (Å²) in [5, 5.41) is 6.62. The van der Waals surface area contributed by atoms with Crippen LogP contribution >= 0.6 is 0 Å². The van der Waals surface area contributed by atoms with Gasteiger partial charge in [0.25, 0.3) is 0 Å². The molecule has 1 aromatic carbocycles. The van der Waals surface area contributed by atoms with Gasteiger partial charge >= 0.3 is 0 Å². The van der Waals surface area contributed by atoms with E-state index in [1.165, 1.54) is 12.1 Å². The number of hydrogen-bond acceptors (Lipinski definition) is 3. The van der Waals surface area contributed by atoms with Crippen molar-refractivity contribution in [3.8, 4) is 5.75 Å². The number of rotatable bonds is 11. The van der Waals surface area contributed by atoms with E-state index in [2.05, 4.69) is 41.4 Å². The van der Waals surface area contributed by atoms with E-state index in [1.807, 2.05) is 13.8 Å². The molecular formula is C20H35FN4O. The third-order valence-electron chi connectivity index (χ3n) is 4.11. The summed E-state index contributed by atoms with van der Waals surface area (Å²) in [6.07, 6.45) is 2.17. The Morgan fingerprint density at radius 2 is 1.85 bits per heavy atom. The van der Waals surface area contributed by atoms with Crippen LogP contribution in [0.2, 0.25) is 0 Å². The first-order valence-electron chi connectivity index (χ1n) is 9.57. The minimum atomic E-state index is -0.263. The molecular weight excluding hydrogens is 331 g/mol. The van der Waals surface area contributed by atoms with Crippen molar-refractivity contribution in [3.63, 3.8) is 0 Å². The van der Waals surface area contributed by atoms with Gasteiger partial charge in [-0.25, -0.2) is 9.38 Å². The number of nitrogens with one attached hydrogen (secondary N) is 2. The lowest BCUT2D eigenvalue weighted by atomic mass is 10.2. The van der Waals surface area contributed by atoms with Crippen LogP contribution in [-0.4, -0.2) is 56.2 Å². The first kappa shape index (κ1) is 22.2. The van der Waals surface area contributed by atoms with Gasteiger partial charge in [0.1, 0.15) is 17.7 Å². The number of unbranched alkanes of at least 4 members (excludes halogenated alkanes) is 1. The smallest absolute Gasteiger partial charge is 0.191 e. The van der Waals surface area contributed by atoms with Crippen LogP contribution in [0.5, 0.6) is 5.75 Å². The molecule has 1 aromatic rings. The summed E-state index contributed by atoms with van der Waals surface area (Å²) in [4.78, 5) is 6.93. The summed E-state index contributed by atoms with van der Waals surface area (Å²) in [6.45, 7) is 11.8. The molecule has 0 spiro atoms. The lowest BCUT2D eigenvalue weighted by Gasteiger charge is -2.20. The van der Waals surface area contributed by atoms with Gasteiger partial charge in [-0.1, -0.05) is 0 Å². The average molecular weight is 367 g/mol. The molecule has 1 unspecified atom stereocenters. The van der Waals surface area contributed by atoms with Crippen molar-refractivity contribution >= 4 is 5.96 Å². The number of nitrogens with zero attached hydrogens (tertiary/aromatic N) is 2. The summed E-state index contributed by atoms with van der Waals surface area (Å²) in [5.74, 6) is 1.20. The second-order valence-corrected chi connectivity index (χ2v) is 6.81. The highest BCUT2D eigenvalue weighted by Gasteiger charge is 2.05. The molecule has 0 amide bonds. The van der Waals surface area contributed by atoms with E-state index < -0.39 is 0 Å². The summed E-state index contributed by atoms with van der Waals surface area (Å²) < 4.78 is 18.7. The van der Waals surface area contributed by atoms with Crippen molar-refractivity contribution in [1.29, 1.82) is 0 Å². The van der Waals surface area contributed by atoms with Gasteiger partial charge in [-0.15, -0.1) is 0 Å². The molecule has 6 heteroatoms. The van der Waals surface area contributed by atoms with Crippen molar-refractivity contribution in [2.75, 3.05) is 33.2 Å². The predicted octanol–water partition coefficient (Wildman–Crippen LogP) is 3.27. The molecule has 1 atom stereocenters. The second-order valence-electron chi connectivity index (χ2n) is 6.81. The van der Waals surface area contributed by atoms with Gasteiger partial charge in [0, 0.05) is 19.1 Å². The zero-order chi connectivity index (χ0) is 19.4. The summed E-state index contributed by atoms with van der Waals surface area (Å²) in [6, 6.07) is 6.64. The van der Waals surface area contributed by atoms with Crippen LogP contribution in [0.1, 0.15) is 40.5 Å². The van der Waals surface area contributed by atoms with Gasteiger partial charge in [0.05, 0.1) is 6.54 Å². The molecule has 0 saturated heterocycles. The van der Waals surface area contributed by atoms with Crippen LogP contribution < -0.4 is 15.4 Å². The van der Waals surface area contributed by atoms with Gasteiger partial charge in [-0.05, 0) is 78.4 Å². The molecule has 0 fully saturated rings. The topological polar surface area (TPSA) is 48.9 Å². The Morgan fingerprint density at radius 3 is 2.46 bits per heavy atom. The van der Waals surface area contributed by atoms with Crippen LogP contribution in [-0.2, 0) is 0 Å². The van der Waals surface area contributed by atoms with Crippen molar-refractivity contribution in [2.45, 2.75) is 52.7 Å². The van der Waals surface area contributed by atoms with E-state index in [-0.39, 0.29) is 11.9 Å². The normalized spacial score (nSPS) is 13.2. The minimum absolute atomic E-state index is 0.0874. The molecule has 0 heterocycles. The Balaban J connectivity index is 2.34. The SMILES string of the molecule is CCNC(=NCC(C)Oc1ccc(F)cc1)NCCCCN(C)C(C)C. The van der Waals surface area contributed by atoms with Crippen LogP contribution in [0.3, 0.4) is 0 Å². The van der Waals surface area contributed by atoms with Crippen LogP contribution in [0.4, 0.5) is 4.39 Å².